The number of terminal acetylenes is 1. The lowest BCUT2D eigenvalue weighted by Crippen LogP contribution is -2.58. The van der Waals surface area contributed by atoms with Gasteiger partial charge in [0.2, 0.25) is 5.92 Å². The average molecular weight is 559 g/mol. The Hall–Kier alpha value is -4.52. The van der Waals surface area contributed by atoms with Crippen LogP contribution < -0.4 is 10.1 Å². The molecular formula is C31H28F2N4O4. The highest BCUT2D eigenvalue weighted by Gasteiger charge is 2.52. The second-order valence-corrected chi connectivity index (χ2v) is 11.0. The number of nitrogens with zero attached hydrogens (tertiary/aromatic N) is 3. The molecule has 0 bridgehead atoms. The fraction of sp³-hybridized carbons (Fsp3) is 0.355. The number of furan rings is 1. The number of ketones is 1. The van der Waals surface area contributed by atoms with Crippen molar-refractivity contribution in [3.05, 3.63) is 60.9 Å². The molecule has 0 aliphatic heterocycles. The molecule has 0 spiro atoms. The molecule has 210 valence electrons. The Morgan fingerprint density at radius 1 is 1.07 bits per heavy atom. The smallest absolute Gasteiger partial charge is 0.287 e. The van der Waals surface area contributed by atoms with Crippen LogP contribution in [0.4, 0.5) is 8.78 Å². The second kappa shape index (κ2) is 9.84. The lowest BCUT2D eigenvalue weighted by Gasteiger charge is -2.39. The third-order valence-electron chi connectivity index (χ3n) is 8.30. The van der Waals surface area contributed by atoms with E-state index in [4.69, 9.17) is 15.6 Å². The zero-order valence-electron chi connectivity index (χ0n) is 22.5. The number of hydrogen-bond acceptors (Lipinski definition) is 6. The maximum absolute atomic E-state index is 14.1. The van der Waals surface area contributed by atoms with E-state index in [1.165, 1.54) is 6.33 Å². The first kappa shape index (κ1) is 26.7. The molecule has 2 heterocycles. The minimum absolute atomic E-state index is 0.00106. The molecule has 10 heteroatoms. The van der Waals surface area contributed by atoms with Crippen LogP contribution in [0.25, 0.3) is 27.8 Å². The van der Waals surface area contributed by atoms with E-state index in [9.17, 15) is 18.4 Å². The fourth-order valence-corrected chi connectivity index (χ4v) is 5.50. The summed E-state index contributed by atoms with van der Waals surface area (Å²) in [7, 11) is 1.57. The van der Waals surface area contributed by atoms with Crippen LogP contribution >= 0.6 is 0 Å². The molecule has 0 saturated heterocycles. The third-order valence-corrected chi connectivity index (χ3v) is 8.30. The molecule has 41 heavy (non-hydrogen) atoms. The molecule has 8 nitrogen and oxygen atoms in total. The molecule has 2 fully saturated rings. The van der Waals surface area contributed by atoms with Gasteiger partial charge in [0.1, 0.15) is 29.7 Å². The van der Waals surface area contributed by atoms with Crippen molar-refractivity contribution in [3.8, 4) is 34.9 Å². The van der Waals surface area contributed by atoms with Gasteiger partial charge in [-0.25, -0.2) is 18.4 Å². The minimum Gasteiger partial charge on any atom is -0.494 e. The fourth-order valence-electron chi connectivity index (χ4n) is 5.50. The zero-order valence-corrected chi connectivity index (χ0v) is 22.5. The van der Waals surface area contributed by atoms with Crippen molar-refractivity contribution in [2.75, 3.05) is 7.11 Å². The zero-order chi connectivity index (χ0) is 28.8. The molecule has 6 rings (SSSR count). The number of nitrogens with one attached hydrogen (secondary N) is 1. The van der Waals surface area contributed by atoms with E-state index in [2.05, 4.69) is 21.3 Å². The van der Waals surface area contributed by atoms with Gasteiger partial charge >= 0.3 is 0 Å². The highest BCUT2D eigenvalue weighted by atomic mass is 19.3. The molecule has 2 aliphatic rings. The molecule has 2 aromatic carbocycles. The van der Waals surface area contributed by atoms with Crippen molar-refractivity contribution >= 4 is 22.7 Å². The summed E-state index contributed by atoms with van der Waals surface area (Å²) in [6.45, 7) is 0. The van der Waals surface area contributed by atoms with Crippen LogP contribution in [0.5, 0.6) is 5.75 Å². The van der Waals surface area contributed by atoms with Gasteiger partial charge in [0.25, 0.3) is 5.91 Å². The number of aromatic nitrogens is 3. The number of carbonyl (C=O) groups is 2. The topological polar surface area (TPSA) is 99.2 Å². The highest BCUT2D eigenvalue weighted by Crippen LogP contribution is 2.50. The van der Waals surface area contributed by atoms with E-state index in [1.54, 1.807) is 24.2 Å². The van der Waals surface area contributed by atoms with E-state index in [-0.39, 0.29) is 30.8 Å². The average Bonchev–Trinajstić information content (AvgIpc) is 3.34. The largest absolute Gasteiger partial charge is 0.494 e. The highest BCUT2D eigenvalue weighted by molar-refractivity contribution is 6.01. The van der Waals surface area contributed by atoms with E-state index >= 15 is 0 Å². The number of alkyl halides is 2. The summed E-state index contributed by atoms with van der Waals surface area (Å²) in [6, 6.07) is 12.8. The molecular weight excluding hydrogens is 530 g/mol. The van der Waals surface area contributed by atoms with E-state index in [0.29, 0.717) is 16.7 Å². The Morgan fingerprint density at radius 2 is 1.80 bits per heavy atom. The number of methoxy groups -OCH3 is 1. The Kier molecular flexibility index (Phi) is 6.40. The predicted octanol–water partition coefficient (Wildman–Crippen LogP) is 5.74. The van der Waals surface area contributed by atoms with Crippen molar-refractivity contribution in [3.63, 3.8) is 0 Å². The normalized spacial score (nSPS) is 18.4. The molecule has 1 N–H and O–H groups in total. The van der Waals surface area contributed by atoms with Gasteiger partial charge in [-0.2, -0.15) is 5.10 Å². The van der Waals surface area contributed by atoms with Crippen LogP contribution in [-0.2, 0) is 4.79 Å². The minimum atomic E-state index is -2.87. The number of amides is 1. The Bertz CT molecular complexity index is 1670. The van der Waals surface area contributed by atoms with E-state index in [1.807, 2.05) is 36.4 Å². The third kappa shape index (κ3) is 5.08. The van der Waals surface area contributed by atoms with Gasteiger partial charge in [0, 0.05) is 30.1 Å². The van der Waals surface area contributed by atoms with Gasteiger partial charge in [0.15, 0.2) is 11.5 Å². The molecule has 4 aromatic rings. The molecule has 0 radical (unpaired) electrons. The van der Waals surface area contributed by atoms with Crippen molar-refractivity contribution < 1.29 is 27.5 Å². The number of benzene rings is 2. The van der Waals surface area contributed by atoms with Crippen molar-refractivity contribution in [2.45, 2.75) is 56.4 Å². The Labute approximate surface area is 235 Å². The quantitative estimate of drug-likeness (QED) is 0.277. The standard InChI is InChI=1S/C31H28F2N4O4/c1-3-29(8-9-29)17-27(38)30(10-12-31(32,33)13-11-30)36-28(39)26-16-22-5-4-20(14-24(22)41-26)21-6-7-23(25(15-21)40-2)37-19-34-18-35-37/h1,4-7,14-16,18-19H,8-13,17H2,2H3,(H,36,39). The van der Waals surface area contributed by atoms with E-state index in [0.717, 1.165) is 29.7 Å². The lowest BCUT2D eigenvalue weighted by molar-refractivity contribution is -0.131. The van der Waals surface area contributed by atoms with Crippen LogP contribution in [0.3, 0.4) is 0 Å². The summed E-state index contributed by atoms with van der Waals surface area (Å²) in [4.78, 5) is 30.8. The molecule has 2 aliphatic carbocycles. The number of hydrogen-bond donors (Lipinski definition) is 1. The van der Waals surface area contributed by atoms with Crippen LogP contribution in [0.2, 0.25) is 0 Å². The molecule has 0 unspecified atom stereocenters. The molecule has 0 atom stereocenters. The van der Waals surface area contributed by atoms with Crippen LogP contribution in [-0.4, -0.2) is 45.0 Å². The van der Waals surface area contributed by atoms with Crippen LogP contribution in [0.1, 0.15) is 55.5 Å². The molecule has 2 saturated carbocycles. The van der Waals surface area contributed by atoms with E-state index < -0.39 is 35.6 Å². The van der Waals surface area contributed by atoms with Crippen molar-refractivity contribution in [2.24, 2.45) is 5.41 Å². The van der Waals surface area contributed by atoms with Gasteiger partial charge in [-0.1, -0.05) is 24.1 Å². The van der Waals surface area contributed by atoms with Crippen molar-refractivity contribution in [1.82, 2.24) is 20.1 Å². The molecule has 2 aromatic heterocycles. The maximum Gasteiger partial charge on any atom is 0.287 e. The predicted molar refractivity (Wildman–Crippen MR) is 147 cm³/mol. The van der Waals surface area contributed by atoms with Crippen LogP contribution in [0, 0.1) is 17.8 Å². The summed E-state index contributed by atoms with van der Waals surface area (Å²) in [5.74, 6) is -0.510. The summed E-state index contributed by atoms with van der Waals surface area (Å²) < 4.78 is 41.2. The van der Waals surface area contributed by atoms with Gasteiger partial charge in [-0.3, -0.25) is 9.59 Å². The first-order valence-electron chi connectivity index (χ1n) is 13.4. The first-order chi connectivity index (χ1) is 19.6. The van der Waals surface area contributed by atoms with Gasteiger partial charge in [-0.15, -0.1) is 6.42 Å². The summed E-state index contributed by atoms with van der Waals surface area (Å²) >= 11 is 0. The van der Waals surface area contributed by atoms with Gasteiger partial charge in [0.05, 0.1) is 12.6 Å². The lowest BCUT2D eigenvalue weighted by atomic mass is 9.74. The Balaban J connectivity index is 1.26. The number of Topliss-reactive ketones (excluding diaryl/α,β-unsaturated/α-hetero) is 1. The van der Waals surface area contributed by atoms with Gasteiger partial charge < -0.3 is 14.5 Å². The summed E-state index contributed by atoms with van der Waals surface area (Å²) in [6.07, 6.45) is 8.89. The number of halogens is 2. The second-order valence-electron chi connectivity index (χ2n) is 11.0. The number of fused-ring (bicyclic) bond motifs is 1. The number of rotatable bonds is 8. The SMILES string of the molecule is C#CC1(CC(=O)C2(NC(=O)c3cc4ccc(-c5ccc(-n6cncn6)c(OC)c5)cc4o3)CCC(F)(F)CC2)CC1. The maximum atomic E-state index is 14.1. The number of ether oxygens (including phenoxy) is 1. The monoisotopic (exact) mass is 558 g/mol. The first-order valence-corrected chi connectivity index (χ1v) is 13.4. The van der Waals surface area contributed by atoms with Crippen LogP contribution in [0.15, 0.2) is 59.5 Å². The summed E-state index contributed by atoms with van der Waals surface area (Å²) in [5, 5.41) is 7.63. The summed E-state index contributed by atoms with van der Waals surface area (Å²) in [5.41, 5.74) is 0.938. The number of carbonyl (C=O) groups excluding carboxylic acids is 2. The van der Waals surface area contributed by atoms with Gasteiger partial charge in [-0.05, 0) is 61.1 Å². The Morgan fingerprint density at radius 3 is 2.46 bits per heavy atom. The van der Waals surface area contributed by atoms with Crippen molar-refractivity contribution in [1.29, 1.82) is 0 Å². The molecule has 1 amide bonds.